The predicted molar refractivity (Wildman–Crippen MR) is 64.4 cm³/mol. The normalized spacial score (nSPS) is 15.4. The fraction of sp³-hybridized carbons (Fsp3) is 1.00. The van der Waals surface area contributed by atoms with Crippen LogP contribution in [0.3, 0.4) is 0 Å². The van der Waals surface area contributed by atoms with Crippen LogP contribution in [-0.4, -0.2) is 19.1 Å². The maximum Gasteiger partial charge on any atom is 0.00669 e. The number of nitrogens with two attached hydrogens (primary N) is 1. The Morgan fingerprint density at radius 1 is 1.14 bits per heavy atom. The van der Waals surface area contributed by atoms with Gasteiger partial charge in [-0.3, -0.25) is 0 Å². The zero-order valence-corrected chi connectivity index (χ0v) is 10.2. The highest BCUT2D eigenvalue weighted by Crippen LogP contribution is 2.11. The molecular formula is C12H28N2. The van der Waals surface area contributed by atoms with Gasteiger partial charge >= 0.3 is 0 Å². The van der Waals surface area contributed by atoms with E-state index in [1.54, 1.807) is 0 Å². The van der Waals surface area contributed by atoms with Gasteiger partial charge in [0.05, 0.1) is 0 Å². The fourth-order valence-electron chi connectivity index (χ4n) is 1.62. The molecule has 0 saturated carbocycles. The van der Waals surface area contributed by atoms with Crippen molar-refractivity contribution in [1.29, 1.82) is 0 Å². The molecule has 0 bridgehead atoms. The van der Waals surface area contributed by atoms with Gasteiger partial charge in [-0.05, 0) is 44.7 Å². The van der Waals surface area contributed by atoms with E-state index in [4.69, 9.17) is 5.73 Å². The highest BCUT2D eigenvalue weighted by Gasteiger charge is 2.08. The largest absolute Gasteiger partial charge is 0.330 e. The Morgan fingerprint density at radius 3 is 2.36 bits per heavy atom. The third kappa shape index (κ3) is 7.34. The Morgan fingerprint density at radius 2 is 1.86 bits per heavy atom. The van der Waals surface area contributed by atoms with Crippen LogP contribution in [0, 0.1) is 5.92 Å². The Bertz CT molecular complexity index is 115. The van der Waals surface area contributed by atoms with E-state index in [0.717, 1.165) is 25.4 Å². The van der Waals surface area contributed by atoms with E-state index < -0.39 is 0 Å². The Hall–Kier alpha value is -0.0800. The van der Waals surface area contributed by atoms with Crippen LogP contribution in [0.4, 0.5) is 0 Å². The predicted octanol–water partition coefficient (Wildman–Crippen LogP) is 2.53. The maximum absolute atomic E-state index is 5.45. The molecule has 0 aliphatic rings. The molecule has 2 heteroatoms. The van der Waals surface area contributed by atoms with Crippen molar-refractivity contribution in [3.05, 3.63) is 0 Å². The summed E-state index contributed by atoms with van der Waals surface area (Å²) in [7, 11) is 0. The van der Waals surface area contributed by atoms with Crippen molar-refractivity contribution in [2.45, 2.75) is 58.9 Å². The number of rotatable bonds is 9. The van der Waals surface area contributed by atoms with E-state index >= 15 is 0 Å². The third-order valence-electron chi connectivity index (χ3n) is 2.94. The van der Waals surface area contributed by atoms with Crippen LogP contribution in [0.2, 0.25) is 0 Å². The molecule has 0 amide bonds. The zero-order valence-electron chi connectivity index (χ0n) is 10.2. The van der Waals surface area contributed by atoms with Crippen molar-refractivity contribution in [2.24, 2.45) is 11.7 Å². The molecule has 2 unspecified atom stereocenters. The van der Waals surface area contributed by atoms with Gasteiger partial charge in [-0.15, -0.1) is 0 Å². The smallest absolute Gasteiger partial charge is 0.00669 e. The summed E-state index contributed by atoms with van der Waals surface area (Å²) in [5, 5.41) is 3.61. The van der Waals surface area contributed by atoms with Crippen molar-refractivity contribution in [1.82, 2.24) is 5.32 Å². The van der Waals surface area contributed by atoms with Crippen LogP contribution in [0.25, 0.3) is 0 Å². The Labute approximate surface area is 89.6 Å². The van der Waals surface area contributed by atoms with Gasteiger partial charge in [0.2, 0.25) is 0 Å². The van der Waals surface area contributed by atoms with Gasteiger partial charge in [-0.1, -0.05) is 27.2 Å². The second-order valence-electron chi connectivity index (χ2n) is 4.30. The average molecular weight is 200 g/mol. The van der Waals surface area contributed by atoms with E-state index in [0.29, 0.717) is 6.04 Å². The van der Waals surface area contributed by atoms with E-state index in [9.17, 15) is 0 Å². The minimum absolute atomic E-state index is 0.711. The highest BCUT2D eigenvalue weighted by atomic mass is 14.9. The zero-order chi connectivity index (χ0) is 10.8. The van der Waals surface area contributed by atoms with Crippen molar-refractivity contribution in [3.8, 4) is 0 Å². The summed E-state index contributed by atoms with van der Waals surface area (Å²) in [4.78, 5) is 0. The molecule has 86 valence electrons. The molecule has 14 heavy (non-hydrogen) atoms. The minimum Gasteiger partial charge on any atom is -0.330 e. The Kier molecular flexibility index (Phi) is 9.42. The van der Waals surface area contributed by atoms with Crippen molar-refractivity contribution < 1.29 is 0 Å². The lowest BCUT2D eigenvalue weighted by molar-refractivity contribution is 0.382. The lowest BCUT2D eigenvalue weighted by atomic mass is 9.98. The summed E-state index contributed by atoms with van der Waals surface area (Å²) in [6, 6.07) is 0.711. The molecule has 0 aromatic carbocycles. The van der Waals surface area contributed by atoms with Crippen LogP contribution in [0.5, 0.6) is 0 Å². The molecule has 0 aromatic heterocycles. The van der Waals surface area contributed by atoms with Crippen LogP contribution in [-0.2, 0) is 0 Å². The SMILES string of the molecule is CCC(C)CC(CC)NCCCCN. The monoisotopic (exact) mass is 200 g/mol. The summed E-state index contributed by atoms with van der Waals surface area (Å²) in [5.74, 6) is 0.849. The summed E-state index contributed by atoms with van der Waals surface area (Å²) < 4.78 is 0. The van der Waals surface area contributed by atoms with Crippen LogP contribution >= 0.6 is 0 Å². The molecular weight excluding hydrogens is 172 g/mol. The van der Waals surface area contributed by atoms with Gasteiger partial charge < -0.3 is 11.1 Å². The van der Waals surface area contributed by atoms with E-state index in [-0.39, 0.29) is 0 Å². The van der Waals surface area contributed by atoms with Crippen LogP contribution in [0.15, 0.2) is 0 Å². The van der Waals surface area contributed by atoms with Gasteiger partial charge in [-0.25, -0.2) is 0 Å². The molecule has 0 spiro atoms. The first-order valence-corrected chi connectivity index (χ1v) is 6.18. The number of nitrogens with one attached hydrogen (secondary N) is 1. The van der Waals surface area contributed by atoms with Gasteiger partial charge in [0.25, 0.3) is 0 Å². The molecule has 3 N–H and O–H groups in total. The van der Waals surface area contributed by atoms with Crippen molar-refractivity contribution in [3.63, 3.8) is 0 Å². The lowest BCUT2D eigenvalue weighted by Gasteiger charge is -2.20. The summed E-state index contributed by atoms with van der Waals surface area (Å²) in [6.45, 7) is 8.83. The van der Waals surface area contributed by atoms with Gasteiger partial charge in [0.15, 0.2) is 0 Å². The van der Waals surface area contributed by atoms with Gasteiger partial charge in [0, 0.05) is 6.04 Å². The van der Waals surface area contributed by atoms with E-state index in [2.05, 4.69) is 26.1 Å². The van der Waals surface area contributed by atoms with Gasteiger partial charge in [-0.2, -0.15) is 0 Å². The first-order chi connectivity index (χ1) is 6.74. The highest BCUT2D eigenvalue weighted by molar-refractivity contribution is 4.67. The Balaban J connectivity index is 3.47. The summed E-state index contributed by atoms with van der Waals surface area (Å²) in [5.41, 5.74) is 5.45. The summed E-state index contributed by atoms with van der Waals surface area (Å²) in [6.07, 6.45) is 6.21. The van der Waals surface area contributed by atoms with Crippen molar-refractivity contribution in [2.75, 3.05) is 13.1 Å². The first kappa shape index (κ1) is 13.9. The molecule has 0 aliphatic carbocycles. The molecule has 2 nitrogen and oxygen atoms in total. The molecule has 0 rings (SSSR count). The topological polar surface area (TPSA) is 38.0 Å². The maximum atomic E-state index is 5.45. The van der Waals surface area contributed by atoms with Crippen LogP contribution < -0.4 is 11.1 Å². The first-order valence-electron chi connectivity index (χ1n) is 6.18. The number of unbranched alkanes of at least 4 members (excludes halogenated alkanes) is 1. The summed E-state index contributed by atoms with van der Waals surface area (Å²) >= 11 is 0. The van der Waals surface area contributed by atoms with E-state index in [1.165, 1.54) is 25.7 Å². The second-order valence-corrected chi connectivity index (χ2v) is 4.30. The van der Waals surface area contributed by atoms with E-state index in [1.807, 2.05) is 0 Å². The lowest BCUT2D eigenvalue weighted by Crippen LogP contribution is -2.31. The molecule has 0 radical (unpaired) electrons. The molecule has 0 fully saturated rings. The molecule has 0 saturated heterocycles. The van der Waals surface area contributed by atoms with Crippen molar-refractivity contribution >= 4 is 0 Å². The number of hydrogen-bond donors (Lipinski definition) is 2. The molecule has 2 atom stereocenters. The van der Waals surface area contributed by atoms with Gasteiger partial charge in [0.1, 0.15) is 0 Å². The number of hydrogen-bond acceptors (Lipinski definition) is 2. The van der Waals surface area contributed by atoms with Crippen LogP contribution in [0.1, 0.15) is 52.9 Å². The molecule has 0 aliphatic heterocycles. The average Bonchev–Trinajstić information content (AvgIpc) is 2.22. The molecule has 0 heterocycles. The standard InChI is InChI=1S/C12H28N2/c1-4-11(3)10-12(5-2)14-9-7-6-8-13/h11-12,14H,4-10,13H2,1-3H3. The fourth-order valence-corrected chi connectivity index (χ4v) is 1.62. The molecule has 0 aromatic rings. The third-order valence-corrected chi connectivity index (χ3v) is 2.94. The quantitative estimate of drug-likeness (QED) is 0.561. The second kappa shape index (κ2) is 9.47. The minimum atomic E-state index is 0.711.